The highest BCUT2D eigenvalue weighted by atomic mass is 35.5. The van der Waals surface area contributed by atoms with Gasteiger partial charge in [0.15, 0.2) is 12.1 Å². The Labute approximate surface area is 180 Å². The fourth-order valence-corrected chi connectivity index (χ4v) is 4.42. The van der Waals surface area contributed by atoms with Crippen molar-refractivity contribution in [1.82, 2.24) is 4.90 Å². The number of fused-ring (bicyclic) bond motifs is 1. The molecule has 5 nitrogen and oxygen atoms in total. The smallest absolute Gasteiger partial charge is 0.331 e. The van der Waals surface area contributed by atoms with Crippen LogP contribution in [-0.2, 0) is 15.3 Å². The molecule has 2 unspecified atom stereocenters. The molecule has 0 aromatic heterocycles. The lowest BCUT2D eigenvalue weighted by Crippen LogP contribution is -2.46. The number of carbonyl (C=O) groups is 2. The Hall–Kier alpha value is -2.18. The highest BCUT2D eigenvalue weighted by Crippen LogP contribution is 2.37. The van der Waals surface area contributed by atoms with E-state index in [4.69, 9.17) is 16.3 Å². The van der Waals surface area contributed by atoms with Crippen LogP contribution in [0.5, 0.6) is 5.75 Å². The minimum Gasteiger partial charge on any atom is -0.480 e. The molecule has 1 N–H and O–H groups in total. The fraction of sp³-hybridized carbons (Fsp3) is 0.364. The predicted octanol–water partition coefficient (Wildman–Crippen LogP) is 4.64. The molecular formula is C22H24ClNO4S. The maximum Gasteiger partial charge on any atom is 0.331 e. The number of carboxylic acids is 1. The van der Waals surface area contributed by atoms with E-state index in [0.29, 0.717) is 28.6 Å². The summed E-state index contributed by atoms with van der Waals surface area (Å²) in [5.74, 6) is 0.312. The summed E-state index contributed by atoms with van der Waals surface area (Å²) in [6.45, 7) is 4.09. The van der Waals surface area contributed by atoms with Gasteiger partial charge in [-0.15, -0.1) is 0 Å². The number of benzene rings is 2. The first kappa shape index (κ1) is 21.5. The van der Waals surface area contributed by atoms with Crippen LogP contribution in [0.15, 0.2) is 48.5 Å². The highest BCUT2D eigenvalue weighted by molar-refractivity contribution is 7.98. The summed E-state index contributed by atoms with van der Waals surface area (Å²) in [5, 5.41) is 10.4. The van der Waals surface area contributed by atoms with E-state index in [1.165, 1.54) is 10.5 Å². The normalized spacial score (nSPS) is 18.9. The molecule has 0 saturated heterocycles. The molecule has 0 aliphatic carbocycles. The second kappa shape index (κ2) is 9.55. The van der Waals surface area contributed by atoms with Gasteiger partial charge < -0.3 is 14.7 Å². The Balaban J connectivity index is 1.84. The first-order chi connectivity index (χ1) is 13.9. The molecule has 2 atom stereocenters. The van der Waals surface area contributed by atoms with Crippen molar-refractivity contribution >= 4 is 35.2 Å². The molecule has 29 heavy (non-hydrogen) atoms. The molecule has 7 heteroatoms. The second-order valence-electron chi connectivity index (χ2n) is 7.28. The van der Waals surface area contributed by atoms with Gasteiger partial charge in [-0.05, 0) is 29.7 Å². The number of halogens is 1. The Kier molecular flexibility index (Phi) is 7.09. The molecule has 2 aromatic carbocycles. The molecule has 1 amide bonds. The Bertz CT molecular complexity index is 874. The third-order valence-corrected chi connectivity index (χ3v) is 6.03. The van der Waals surface area contributed by atoms with Crippen LogP contribution in [0.4, 0.5) is 0 Å². The zero-order chi connectivity index (χ0) is 21.0. The van der Waals surface area contributed by atoms with Crippen LogP contribution in [0.1, 0.15) is 31.0 Å². The second-order valence-corrected chi connectivity index (χ2v) is 8.82. The topological polar surface area (TPSA) is 66.8 Å². The number of aliphatic carboxylic acids is 1. The third kappa shape index (κ3) is 5.06. The van der Waals surface area contributed by atoms with E-state index in [1.807, 2.05) is 44.2 Å². The van der Waals surface area contributed by atoms with Gasteiger partial charge in [0.1, 0.15) is 5.75 Å². The molecule has 0 fully saturated rings. The number of nitrogens with zero attached hydrogens (tertiary/aromatic N) is 1. The van der Waals surface area contributed by atoms with Crippen molar-refractivity contribution in [3.05, 3.63) is 64.7 Å². The summed E-state index contributed by atoms with van der Waals surface area (Å²) < 4.78 is 5.95. The molecule has 1 aliphatic rings. The van der Waals surface area contributed by atoms with Gasteiger partial charge in [-0.1, -0.05) is 55.8 Å². The molecule has 1 aliphatic heterocycles. The molecule has 2 aromatic rings. The number of hydrogen-bond donors (Lipinski definition) is 1. The highest BCUT2D eigenvalue weighted by Gasteiger charge is 2.41. The number of carbonyl (C=O) groups excluding carboxylic acids is 1. The number of ether oxygens (including phenoxy) is 1. The largest absolute Gasteiger partial charge is 0.480 e. The standard InChI is InChI=1S/C22H24ClNO4S/c1-14(2)20-21(25)24(10-11-29-13-15-6-4-3-5-7-15)19(22(26)27)17-12-16(23)8-9-18(17)28-20/h3-9,12,14,19-20H,10-11,13H2,1-2H3,(H,26,27). The molecule has 154 valence electrons. The van der Waals surface area contributed by atoms with E-state index in [9.17, 15) is 14.7 Å². The van der Waals surface area contributed by atoms with Gasteiger partial charge in [0.25, 0.3) is 5.91 Å². The van der Waals surface area contributed by atoms with Gasteiger partial charge >= 0.3 is 5.97 Å². The van der Waals surface area contributed by atoms with Crippen molar-refractivity contribution in [3.8, 4) is 5.75 Å². The van der Waals surface area contributed by atoms with Crippen molar-refractivity contribution in [2.75, 3.05) is 12.3 Å². The van der Waals surface area contributed by atoms with Crippen molar-refractivity contribution in [2.24, 2.45) is 5.92 Å². The number of hydrogen-bond acceptors (Lipinski definition) is 4. The Morgan fingerprint density at radius 1 is 1.24 bits per heavy atom. The summed E-state index contributed by atoms with van der Waals surface area (Å²) in [6.07, 6.45) is -0.738. The van der Waals surface area contributed by atoms with Crippen LogP contribution in [0, 0.1) is 5.92 Å². The van der Waals surface area contributed by atoms with E-state index in [1.54, 1.807) is 30.0 Å². The van der Waals surface area contributed by atoms with Crippen molar-refractivity contribution in [3.63, 3.8) is 0 Å². The average Bonchev–Trinajstić information content (AvgIpc) is 2.80. The van der Waals surface area contributed by atoms with E-state index >= 15 is 0 Å². The van der Waals surface area contributed by atoms with Gasteiger partial charge in [0.05, 0.1) is 0 Å². The number of thioether (sulfide) groups is 1. The van der Waals surface area contributed by atoms with E-state index in [-0.39, 0.29) is 11.8 Å². The molecule has 1 heterocycles. The zero-order valence-electron chi connectivity index (χ0n) is 16.4. The Morgan fingerprint density at radius 3 is 2.62 bits per heavy atom. The minimum absolute atomic E-state index is 0.0990. The van der Waals surface area contributed by atoms with Gasteiger partial charge in [-0.25, -0.2) is 4.79 Å². The molecule has 0 radical (unpaired) electrons. The molecule has 0 spiro atoms. The van der Waals surface area contributed by atoms with Crippen LogP contribution in [0.3, 0.4) is 0 Å². The van der Waals surface area contributed by atoms with Crippen LogP contribution in [0.25, 0.3) is 0 Å². The first-order valence-corrected chi connectivity index (χ1v) is 11.0. The Morgan fingerprint density at radius 2 is 1.97 bits per heavy atom. The first-order valence-electron chi connectivity index (χ1n) is 9.49. The minimum atomic E-state index is -1.13. The van der Waals surface area contributed by atoms with Crippen LogP contribution in [-0.4, -0.2) is 40.3 Å². The number of rotatable bonds is 7. The summed E-state index contributed by atoms with van der Waals surface area (Å²) in [7, 11) is 0. The summed E-state index contributed by atoms with van der Waals surface area (Å²) in [5.41, 5.74) is 1.60. The maximum atomic E-state index is 13.2. The monoisotopic (exact) mass is 433 g/mol. The average molecular weight is 434 g/mol. The molecular weight excluding hydrogens is 410 g/mol. The van der Waals surface area contributed by atoms with Crippen molar-refractivity contribution < 1.29 is 19.4 Å². The van der Waals surface area contributed by atoms with Crippen LogP contribution < -0.4 is 4.74 Å². The van der Waals surface area contributed by atoms with E-state index < -0.39 is 18.1 Å². The van der Waals surface area contributed by atoms with Gasteiger partial charge in [-0.3, -0.25) is 4.79 Å². The van der Waals surface area contributed by atoms with Gasteiger partial charge in [-0.2, -0.15) is 11.8 Å². The van der Waals surface area contributed by atoms with Crippen molar-refractivity contribution in [1.29, 1.82) is 0 Å². The SMILES string of the molecule is CC(C)C1Oc2ccc(Cl)cc2C(C(=O)O)N(CCSCc2ccccc2)C1=O. The lowest BCUT2D eigenvalue weighted by Gasteiger charge is -2.29. The maximum absolute atomic E-state index is 13.2. The van der Waals surface area contributed by atoms with Crippen LogP contribution >= 0.6 is 23.4 Å². The van der Waals surface area contributed by atoms with Gasteiger partial charge in [0.2, 0.25) is 0 Å². The van der Waals surface area contributed by atoms with Gasteiger partial charge in [0, 0.05) is 28.6 Å². The predicted molar refractivity (Wildman–Crippen MR) is 115 cm³/mol. The molecule has 3 rings (SSSR count). The fourth-order valence-electron chi connectivity index (χ4n) is 3.34. The number of amides is 1. The van der Waals surface area contributed by atoms with E-state index in [0.717, 1.165) is 5.75 Å². The van der Waals surface area contributed by atoms with Crippen LogP contribution in [0.2, 0.25) is 5.02 Å². The van der Waals surface area contributed by atoms with Crippen molar-refractivity contribution in [2.45, 2.75) is 31.7 Å². The molecule has 0 saturated carbocycles. The lowest BCUT2D eigenvalue weighted by molar-refractivity contribution is -0.153. The summed E-state index contributed by atoms with van der Waals surface area (Å²) in [4.78, 5) is 26.8. The summed E-state index contributed by atoms with van der Waals surface area (Å²) in [6, 6.07) is 13.8. The number of carboxylic acid groups (broad SMARTS) is 1. The van der Waals surface area contributed by atoms with E-state index in [2.05, 4.69) is 0 Å². The zero-order valence-corrected chi connectivity index (χ0v) is 17.9. The quantitative estimate of drug-likeness (QED) is 0.644. The summed E-state index contributed by atoms with van der Waals surface area (Å²) >= 11 is 7.78. The molecule has 0 bridgehead atoms. The third-order valence-electron chi connectivity index (χ3n) is 4.79. The lowest BCUT2D eigenvalue weighted by atomic mass is 10.0.